The molecule has 3 aliphatic heterocycles. The molecule has 2 amide bonds. The van der Waals surface area contributed by atoms with Crippen LogP contribution in [-0.2, 0) is 35.4 Å². The molecule has 238 valence electrons. The minimum Gasteiger partial charge on any atom is -0.512 e. The maximum absolute atomic E-state index is 14.0. The van der Waals surface area contributed by atoms with Gasteiger partial charge in [0.1, 0.15) is 11.9 Å². The lowest BCUT2D eigenvalue weighted by Gasteiger charge is -2.31. The predicted octanol–water partition coefficient (Wildman–Crippen LogP) is 3.03. The van der Waals surface area contributed by atoms with Gasteiger partial charge in [0.15, 0.2) is 6.29 Å². The average molecular weight is 630 g/mol. The molecular formula is C31H39N3O9S. The fourth-order valence-corrected chi connectivity index (χ4v) is 7.50. The van der Waals surface area contributed by atoms with E-state index in [2.05, 4.69) is 10.6 Å². The normalized spacial score (nSPS) is 23.7. The van der Waals surface area contributed by atoms with Crippen molar-refractivity contribution in [2.24, 2.45) is 11.8 Å². The lowest BCUT2D eigenvalue weighted by Crippen LogP contribution is -2.51. The van der Waals surface area contributed by atoms with Gasteiger partial charge in [-0.2, -0.15) is 4.31 Å². The molecule has 13 heteroatoms. The van der Waals surface area contributed by atoms with Crippen LogP contribution < -0.4 is 10.6 Å². The summed E-state index contributed by atoms with van der Waals surface area (Å²) in [6.07, 6.45) is -2.00. The first-order chi connectivity index (χ1) is 20.9. The highest BCUT2D eigenvalue weighted by Crippen LogP contribution is 2.36. The number of benzene rings is 2. The van der Waals surface area contributed by atoms with Crippen LogP contribution in [0.2, 0.25) is 0 Å². The molecule has 5 rings (SSSR count). The standard InChI is InChI=1S/C31H39N3O9S/c1-18(2)15-34(44(39,40)21-9-10-24-23(14-21)28(19(3)35)29(37)32-24)16-26(36)25(13-20-7-5-4-6-8-20)33-31(38)43-27-17-42-30-22(27)11-12-41-30/h4-10,14,18,22,25-27,30,35-36H,11-13,15-17H2,1-3H3,(H,32,37)(H,33,38)/b28-19+. The van der Waals surface area contributed by atoms with Crippen molar-refractivity contribution in [3.05, 3.63) is 65.4 Å². The lowest BCUT2D eigenvalue weighted by molar-refractivity contribution is -0.110. The molecule has 5 unspecified atom stereocenters. The molecule has 0 spiro atoms. The first-order valence-electron chi connectivity index (χ1n) is 14.7. The van der Waals surface area contributed by atoms with Gasteiger partial charge in [0, 0.05) is 24.3 Å². The Kier molecular flexibility index (Phi) is 9.61. The van der Waals surface area contributed by atoms with Gasteiger partial charge >= 0.3 is 6.09 Å². The number of hydrogen-bond acceptors (Lipinski definition) is 9. The molecule has 5 atom stereocenters. The van der Waals surface area contributed by atoms with Crippen LogP contribution in [0.4, 0.5) is 10.5 Å². The van der Waals surface area contributed by atoms with Crippen LogP contribution in [0.25, 0.3) is 5.57 Å². The molecule has 2 aromatic carbocycles. The summed E-state index contributed by atoms with van der Waals surface area (Å²) >= 11 is 0. The first-order valence-corrected chi connectivity index (χ1v) is 16.2. The summed E-state index contributed by atoms with van der Waals surface area (Å²) < 4.78 is 45.9. The van der Waals surface area contributed by atoms with E-state index in [1.54, 1.807) is 0 Å². The molecule has 0 radical (unpaired) electrons. The molecule has 2 saturated heterocycles. The number of sulfonamides is 1. The Morgan fingerprint density at radius 2 is 1.91 bits per heavy atom. The van der Waals surface area contributed by atoms with Gasteiger partial charge in [0.2, 0.25) is 10.0 Å². The van der Waals surface area contributed by atoms with Crippen LogP contribution >= 0.6 is 0 Å². The Labute approximate surface area is 257 Å². The van der Waals surface area contributed by atoms with Crippen LogP contribution in [0.15, 0.2) is 59.2 Å². The van der Waals surface area contributed by atoms with E-state index in [1.807, 2.05) is 44.2 Å². The van der Waals surface area contributed by atoms with Crippen molar-refractivity contribution in [2.45, 2.75) is 63.0 Å². The molecule has 4 N–H and O–H groups in total. The number of carbonyl (C=O) groups excluding carboxylic acids is 2. The number of hydrogen-bond donors (Lipinski definition) is 4. The smallest absolute Gasteiger partial charge is 0.407 e. The fraction of sp³-hybridized carbons (Fsp3) is 0.484. The van der Waals surface area contributed by atoms with Gasteiger partial charge in [-0.1, -0.05) is 44.2 Å². The van der Waals surface area contributed by atoms with E-state index in [-0.39, 0.29) is 59.7 Å². The van der Waals surface area contributed by atoms with Crippen LogP contribution in [0.1, 0.15) is 38.3 Å². The largest absolute Gasteiger partial charge is 0.512 e. The zero-order valence-corrected chi connectivity index (χ0v) is 25.7. The Balaban J connectivity index is 1.37. The van der Waals surface area contributed by atoms with Gasteiger partial charge in [-0.3, -0.25) is 4.79 Å². The number of nitrogens with one attached hydrogen (secondary N) is 2. The highest BCUT2D eigenvalue weighted by molar-refractivity contribution is 7.89. The molecule has 44 heavy (non-hydrogen) atoms. The number of alkyl carbamates (subject to hydrolysis) is 1. The minimum absolute atomic E-state index is 0.00119. The molecule has 0 saturated carbocycles. The van der Waals surface area contributed by atoms with E-state index in [0.29, 0.717) is 18.7 Å². The molecule has 2 aromatic rings. The number of aliphatic hydroxyl groups is 2. The van der Waals surface area contributed by atoms with E-state index in [9.17, 15) is 28.2 Å². The molecule has 3 aliphatic rings. The van der Waals surface area contributed by atoms with Crippen molar-refractivity contribution in [1.82, 2.24) is 9.62 Å². The summed E-state index contributed by atoms with van der Waals surface area (Å²) in [4.78, 5) is 25.3. The predicted molar refractivity (Wildman–Crippen MR) is 161 cm³/mol. The number of ether oxygens (including phenoxy) is 3. The molecular weight excluding hydrogens is 590 g/mol. The second-order valence-corrected chi connectivity index (χ2v) is 13.8. The Hall–Kier alpha value is -3.49. The molecule has 0 aliphatic carbocycles. The third kappa shape index (κ3) is 6.92. The van der Waals surface area contributed by atoms with Gasteiger partial charge in [-0.25, -0.2) is 13.2 Å². The number of carbonyl (C=O) groups is 2. The second-order valence-electron chi connectivity index (χ2n) is 11.8. The zero-order chi connectivity index (χ0) is 31.6. The molecule has 12 nitrogen and oxygen atoms in total. The van der Waals surface area contributed by atoms with Gasteiger partial charge in [0.05, 0.1) is 41.7 Å². The van der Waals surface area contributed by atoms with Gasteiger partial charge < -0.3 is 35.1 Å². The SMILES string of the molecule is C/C(O)=C1\C(=O)Nc2ccc(S(=O)(=O)N(CC(C)C)CC(O)C(Cc3ccccc3)NC(=O)OC3COC4OCCC34)cc21. The third-order valence-corrected chi connectivity index (χ3v) is 9.83. The quantitative estimate of drug-likeness (QED) is 0.216. The third-order valence-electron chi connectivity index (χ3n) is 8.00. The number of anilines is 1. The Morgan fingerprint density at radius 3 is 2.61 bits per heavy atom. The first kappa shape index (κ1) is 31.9. The summed E-state index contributed by atoms with van der Waals surface area (Å²) in [7, 11) is -4.19. The van der Waals surface area contributed by atoms with Crippen LogP contribution in [0.5, 0.6) is 0 Å². The number of nitrogens with zero attached hydrogens (tertiary/aromatic N) is 1. The monoisotopic (exact) mass is 629 g/mol. The van der Waals surface area contributed by atoms with E-state index in [4.69, 9.17) is 14.2 Å². The molecule has 0 bridgehead atoms. The van der Waals surface area contributed by atoms with Crippen molar-refractivity contribution >= 4 is 33.3 Å². The second kappa shape index (κ2) is 13.2. The van der Waals surface area contributed by atoms with E-state index < -0.39 is 46.6 Å². The van der Waals surface area contributed by atoms with Crippen molar-refractivity contribution in [1.29, 1.82) is 0 Å². The highest BCUT2D eigenvalue weighted by atomic mass is 32.2. The number of fused-ring (bicyclic) bond motifs is 2. The van der Waals surface area contributed by atoms with E-state index >= 15 is 0 Å². The van der Waals surface area contributed by atoms with Gasteiger partial charge in [0.25, 0.3) is 5.91 Å². The lowest BCUT2D eigenvalue weighted by atomic mass is 10.0. The molecule has 0 aromatic heterocycles. The van der Waals surface area contributed by atoms with Crippen LogP contribution in [0, 0.1) is 11.8 Å². The summed E-state index contributed by atoms with van der Waals surface area (Å²) in [6, 6.07) is 12.6. The fourth-order valence-electron chi connectivity index (χ4n) is 5.85. The summed E-state index contributed by atoms with van der Waals surface area (Å²) in [5.74, 6) is -0.912. The Morgan fingerprint density at radius 1 is 1.16 bits per heavy atom. The summed E-state index contributed by atoms with van der Waals surface area (Å²) in [6.45, 7) is 5.58. The average Bonchev–Trinajstić information content (AvgIpc) is 3.67. The van der Waals surface area contributed by atoms with Crippen LogP contribution in [-0.4, -0.2) is 85.8 Å². The number of allylic oxidation sites excluding steroid dienone is 1. The van der Waals surface area contributed by atoms with Crippen molar-refractivity contribution < 1.29 is 42.4 Å². The van der Waals surface area contributed by atoms with Gasteiger partial charge in [-0.15, -0.1) is 0 Å². The maximum Gasteiger partial charge on any atom is 0.407 e. The van der Waals surface area contributed by atoms with Crippen LogP contribution in [0.3, 0.4) is 0 Å². The van der Waals surface area contributed by atoms with Gasteiger partial charge in [-0.05, 0) is 49.4 Å². The van der Waals surface area contributed by atoms with Crippen molar-refractivity contribution in [3.8, 4) is 0 Å². The topological polar surface area (TPSA) is 164 Å². The van der Waals surface area contributed by atoms with E-state index in [1.165, 1.54) is 29.4 Å². The number of rotatable bonds is 11. The summed E-state index contributed by atoms with van der Waals surface area (Å²) in [5, 5.41) is 27.0. The highest BCUT2D eigenvalue weighted by Gasteiger charge is 2.44. The minimum atomic E-state index is -4.19. The molecule has 2 fully saturated rings. The summed E-state index contributed by atoms with van der Waals surface area (Å²) in [5.41, 5.74) is 1.50. The van der Waals surface area contributed by atoms with E-state index in [0.717, 1.165) is 5.56 Å². The zero-order valence-electron chi connectivity index (χ0n) is 24.9. The van der Waals surface area contributed by atoms with Crippen molar-refractivity contribution in [3.63, 3.8) is 0 Å². The maximum atomic E-state index is 14.0. The van der Waals surface area contributed by atoms with Crippen molar-refractivity contribution in [2.75, 3.05) is 31.6 Å². The molecule has 3 heterocycles. The Bertz CT molecular complexity index is 1510. The number of aliphatic hydroxyl groups excluding tert-OH is 2. The number of amides is 2.